The second-order valence-corrected chi connectivity index (χ2v) is 7.57. The molecule has 6 nitrogen and oxygen atoms in total. The third-order valence-corrected chi connectivity index (χ3v) is 4.01. The van der Waals surface area contributed by atoms with Gasteiger partial charge in [0.2, 0.25) is 5.79 Å². The standard InChI is InChI=1S/C19H24O6/c1-18(2)10-14(20)12(15(21)11-18)8-6-5-7-9-13-16(22)24-19(3,4)25-17(13)23/h5-9,13,16,22H,10-11H2,1-4H3. The van der Waals surface area contributed by atoms with Gasteiger partial charge < -0.3 is 14.6 Å². The lowest BCUT2D eigenvalue weighted by molar-refractivity contribution is -0.309. The maximum absolute atomic E-state index is 12.0. The molecule has 1 N–H and O–H groups in total. The highest BCUT2D eigenvalue weighted by Crippen LogP contribution is 2.33. The van der Waals surface area contributed by atoms with Gasteiger partial charge in [-0.2, -0.15) is 0 Å². The van der Waals surface area contributed by atoms with E-state index in [1.54, 1.807) is 26.0 Å². The van der Waals surface area contributed by atoms with Crippen molar-refractivity contribution >= 4 is 17.5 Å². The Labute approximate surface area is 147 Å². The number of aliphatic hydroxyl groups excluding tert-OH is 1. The zero-order valence-electron chi connectivity index (χ0n) is 14.9. The molecule has 6 heteroatoms. The lowest BCUT2D eigenvalue weighted by atomic mass is 9.74. The van der Waals surface area contributed by atoms with Crippen LogP contribution in [-0.2, 0) is 23.9 Å². The average Bonchev–Trinajstić information content (AvgIpc) is 2.40. The number of aliphatic hydroxyl groups is 1. The summed E-state index contributed by atoms with van der Waals surface area (Å²) in [5.74, 6) is -2.97. The Hall–Kier alpha value is -2.05. The van der Waals surface area contributed by atoms with E-state index in [-0.39, 0.29) is 22.6 Å². The number of ether oxygens (including phenoxy) is 2. The van der Waals surface area contributed by atoms with Crippen LogP contribution in [0.15, 0.2) is 36.0 Å². The van der Waals surface area contributed by atoms with Crippen LogP contribution in [0.5, 0.6) is 0 Å². The van der Waals surface area contributed by atoms with Crippen LogP contribution in [-0.4, -0.2) is 34.7 Å². The van der Waals surface area contributed by atoms with Crippen LogP contribution in [0.3, 0.4) is 0 Å². The number of esters is 1. The third kappa shape index (κ3) is 4.96. The van der Waals surface area contributed by atoms with E-state index in [9.17, 15) is 19.5 Å². The van der Waals surface area contributed by atoms with E-state index in [4.69, 9.17) is 9.47 Å². The number of ketones is 2. The molecule has 2 rings (SSSR count). The van der Waals surface area contributed by atoms with E-state index in [1.165, 1.54) is 18.2 Å². The molecule has 0 aromatic rings. The van der Waals surface area contributed by atoms with Crippen LogP contribution in [0.1, 0.15) is 40.5 Å². The number of Topliss-reactive ketones (excluding diaryl/α,β-unsaturated/α-hetero) is 2. The molecule has 2 atom stereocenters. The molecule has 1 saturated heterocycles. The Morgan fingerprint density at radius 2 is 1.60 bits per heavy atom. The van der Waals surface area contributed by atoms with Gasteiger partial charge in [-0.1, -0.05) is 38.2 Å². The summed E-state index contributed by atoms with van der Waals surface area (Å²) in [4.78, 5) is 35.9. The Kier molecular flexibility index (Phi) is 5.44. The van der Waals surface area contributed by atoms with Crippen LogP contribution < -0.4 is 0 Å². The molecule has 0 bridgehead atoms. The second kappa shape index (κ2) is 7.06. The number of cyclic esters (lactones) is 1. The van der Waals surface area contributed by atoms with Crippen molar-refractivity contribution in [3.63, 3.8) is 0 Å². The monoisotopic (exact) mass is 348 g/mol. The molecule has 136 valence electrons. The largest absolute Gasteiger partial charge is 0.433 e. The first-order valence-corrected chi connectivity index (χ1v) is 8.21. The molecule has 0 amide bonds. The Morgan fingerprint density at radius 3 is 2.16 bits per heavy atom. The fourth-order valence-corrected chi connectivity index (χ4v) is 2.85. The van der Waals surface area contributed by atoms with Crippen molar-refractivity contribution in [2.24, 2.45) is 11.3 Å². The van der Waals surface area contributed by atoms with Gasteiger partial charge in [-0.15, -0.1) is 0 Å². The van der Waals surface area contributed by atoms with E-state index in [1.807, 2.05) is 13.8 Å². The van der Waals surface area contributed by atoms with Gasteiger partial charge in [-0.3, -0.25) is 14.4 Å². The topological polar surface area (TPSA) is 89.9 Å². The molecule has 0 aromatic heterocycles. The number of carbonyl (C=O) groups excluding carboxylic acids is 3. The summed E-state index contributed by atoms with van der Waals surface area (Å²) in [7, 11) is 0. The van der Waals surface area contributed by atoms with Crippen LogP contribution in [0.2, 0.25) is 0 Å². The summed E-state index contributed by atoms with van der Waals surface area (Å²) in [5.41, 5.74) is -0.0911. The molecule has 2 aliphatic rings. The summed E-state index contributed by atoms with van der Waals surface area (Å²) >= 11 is 0. The van der Waals surface area contributed by atoms with Crippen molar-refractivity contribution in [2.45, 2.75) is 52.6 Å². The first-order chi connectivity index (χ1) is 11.5. The zero-order chi connectivity index (χ0) is 18.8. The van der Waals surface area contributed by atoms with Crippen LogP contribution in [0.4, 0.5) is 0 Å². The lowest BCUT2D eigenvalue weighted by Gasteiger charge is -2.36. The van der Waals surface area contributed by atoms with E-state index < -0.39 is 24.0 Å². The van der Waals surface area contributed by atoms with Gasteiger partial charge >= 0.3 is 5.97 Å². The van der Waals surface area contributed by atoms with Crippen molar-refractivity contribution in [1.29, 1.82) is 0 Å². The molecular weight excluding hydrogens is 324 g/mol. The first-order valence-electron chi connectivity index (χ1n) is 8.21. The van der Waals surface area contributed by atoms with Gasteiger partial charge in [0, 0.05) is 26.7 Å². The third-order valence-electron chi connectivity index (χ3n) is 4.01. The molecule has 0 radical (unpaired) electrons. The highest BCUT2D eigenvalue weighted by atomic mass is 16.8. The van der Waals surface area contributed by atoms with Gasteiger partial charge in [-0.05, 0) is 11.5 Å². The summed E-state index contributed by atoms with van der Waals surface area (Å²) in [6, 6.07) is 0. The van der Waals surface area contributed by atoms with Gasteiger partial charge in [-0.25, -0.2) is 0 Å². The highest BCUT2D eigenvalue weighted by molar-refractivity contribution is 6.22. The number of hydrogen-bond donors (Lipinski definition) is 1. The lowest BCUT2D eigenvalue weighted by Crippen LogP contribution is -2.48. The fraction of sp³-hybridized carbons (Fsp3) is 0.526. The van der Waals surface area contributed by atoms with Crippen molar-refractivity contribution < 1.29 is 29.0 Å². The van der Waals surface area contributed by atoms with Crippen molar-refractivity contribution in [2.75, 3.05) is 0 Å². The maximum Gasteiger partial charge on any atom is 0.320 e. The molecule has 0 spiro atoms. The molecule has 1 heterocycles. The number of hydrogen-bond acceptors (Lipinski definition) is 6. The van der Waals surface area contributed by atoms with Crippen LogP contribution in [0.25, 0.3) is 0 Å². The molecule has 1 aliphatic heterocycles. The molecule has 25 heavy (non-hydrogen) atoms. The van der Waals surface area contributed by atoms with E-state index >= 15 is 0 Å². The zero-order valence-corrected chi connectivity index (χ0v) is 14.9. The molecule has 0 aromatic carbocycles. The van der Waals surface area contributed by atoms with Crippen LogP contribution in [0, 0.1) is 11.3 Å². The SMILES string of the molecule is CC1(C)CC(=O)C(=CC=CC=CC2C(=O)OC(C)(C)OC2O)C(=O)C1. The smallest absolute Gasteiger partial charge is 0.320 e. The van der Waals surface area contributed by atoms with Gasteiger partial charge in [0.25, 0.3) is 0 Å². The summed E-state index contributed by atoms with van der Waals surface area (Å²) < 4.78 is 10.3. The van der Waals surface area contributed by atoms with E-state index in [0.29, 0.717) is 12.8 Å². The molecule has 2 unspecified atom stereocenters. The Morgan fingerprint density at radius 1 is 1.00 bits per heavy atom. The molecule has 1 saturated carbocycles. The maximum atomic E-state index is 12.0. The second-order valence-electron chi connectivity index (χ2n) is 7.57. The minimum Gasteiger partial charge on any atom is -0.433 e. The highest BCUT2D eigenvalue weighted by Gasteiger charge is 2.41. The van der Waals surface area contributed by atoms with E-state index in [0.717, 1.165) is 0 Å². The number of rotatable bonds is 3. The Balaban J connectivity index is 1.99. The van der Waals surface area contributed by atoms with Crippen molar-refractivity contribution in [3.05, 3.63) is 36.0 Å². The average molecular weight is 348 g/mol. The molecule has 2 fully saturated rings. The minimum atomic E-state index is -1.29. The van der Waals surface area contributed by atoms with Crippen molar-refractivity contribution in [1.82, 2.24) is 0 Å². The predicted molar refractivity (Wildman–Crippen MR) is 90.1 cm³/mol. The molecule has 1 aliphatic carbocycles. The quantitative estimate of drug-likeness (QED) is 0.364. The molecular formula is C19H24O6. The summed E-state index contributed by atoms with van der Waals surface area (Å²) in [6.07, 6.45) is 7.02. The minimum absolute atomic E-state index is 0.156. The summed E-state index contributed by atoms with van der Waals surface area (Å²) in [6.45, 7) is 6.88. The van der Waals surface area contributed by atoms with Gasteiger partial charge in [0.1, 0.15) is 5.92 Å². The fourth-order valence-electron chi connectivity index (χ4n) is 2.85. The van der Waals surface area contributed by atoms with Crippen LogP contribution >= 0.6 is 0 Å². The first kappa shape index (κ1) is 19.3. The Bertz CT molecular complexity index is 643. The van der Waals surface area contributed by atoms with Crippen molar-refractivity contribution in [3.8, 4) is 0 Å². The number of carbonyl (C=O) groups is 3. The predicted octanol–water partition coefficient (Wildman–Crippen LogP) is 2.23. The normalized spacial score (nSPS) is 29.3. The number of allylic oxidation sites excluding steroid dienone is 5. The summed E-state index contributed by atoms with van der Waals surface area (Å²) in [5, 5.41) is 9.85. The van der Waals surface area contributed by atoms with Gasteiger partial charge in [0.05, 0.1) is 5.57 Å². The van der Waals surface area contributed by atoms with Gasteiger partial charge in [0.15, 0.2) is 17.9 Å². The van der Waals surface area contributed by atoms with E-state index in [2.05, 4.69) is 0 Å².